The first-order valence-corrected chi connectivity index (χ1v) is 4.45. The molecule has 0 aliphatic carbocycles. The van der Waals surface area contributed by atoms with E-state index in [0.29, 0.717) is 13.1 Å². The van der Waals surface area contributed by atoms with Gasteiger partial charge in [-0.15, -0.1) is 0 Å². The molecule has 1 atom stereocenters. The van der Waals surface area contributed by atoms with Crippen molar-refractivity contribution in [2.45, 2.75) is 6.10 Å². The SMILES string of the molecule is O=COCC1CO1.O=P(O)(O)O. The van der Waals surface area contributed by atoms with Crippen LogP contribution in [0.2, 0.25) is 0 Å². The van der Waals surface area contributed by atoms with Gasteiger partial charge in [0.2, 0.25) is 0 Å². The highest BCUT2D eigenvalue weighted by atomic mass is 31.2. The average molecular weight is 200 g/mol. The Kier molecular flexibility index (Phi) is 5.03. The molecule has 1 unspecified atom stereocenters. The van der Waals surface area contributed by atoms with E-state index in [1.807, 2.05) is 0 Å². The molecular weight excluding hydrogens is 191 g/mol. The second kappa shape index (κ2) is 5.23. The highest BCUT2D eigenvalue weighted by Gasteiger charge is 2.22. The summed E-state index contributed by atoms with van der Waals surface area (Å²) in [6.45, 7) is 1.60. The van der Waals surface area contributed by atoms with Gasteiger partial charge in [0.05, 0.1) is 6.61 Å². The number of hydrogen-bond donors (Lipinski definition) is 3. The first-order valence-electron chi connectivity index (χ1n) is 2.88. The summed E-state index contributed by atoms with van der Waals surface area (Å²) < 4.78 is 18.0. The van der Waals surface area contributed by atoms with Crippen molar-refractivity contribution in [1.82, 2.24) is 0 Å². The van der Waals surface area contributed by atoms with E-state index in [9.17, 15) is 4.79 Å². The lowest BCUT2D eigenvalue weighted by molar-refractivity contribution is -0.129. The highest BCUT2D eigenvalue weighted by molar-refractivity contribution is 7.45. The molecule has 12 heavy (non-hydrogen) atoms. The van der Waals surface area contributed by atoms with Crippen molar-refractivity contribution < 1.29 is 33.5 Å². The van der Waals surface area contributed by atoms with E-state index in [1.165, 1.54) is 0 Å². The van der Waals surface area contributed by atoms with Gasteiger partial charge in [0, 0.05) is 0 Å². The van der Waals surface area contributed by atoms with Gasteiger partial charge in [-0.05, 0) is 0 Å². The van der Waals surface area contributed by atoms with Crippen LogP contribution in [0.5, 0.6) is 0 Å². The molecule has 7 nitrogen and oxygen atoms in total. The van der Waals surface area contributed by atoms with Crippen molar-refractivity contribution in [1.29, 1.82) is 0 Å². The van der Waals surface area contributed by atoms with E-state index >= 15 is 0 Å². The zero-order chi connectivity index (χ0) is 9.61. The van der Waals surface area contributed by atoms with Gasteiger partial charge in [-0.1, -0.05) is 0 Å². The normalized spacial score (nSPS) is 20.4. The van der Waals surface area contributed by atoms with E-state index in [-0.39, 0.29) is 6.10 Å². The van der Waals surface area contributed by atoms with Gasteiger partial charge < -0.3 is 24.2 Å². The number of hydrogen-bond acceptors (Lipinski definition) is 4. The molecule has 3 N–H and O–H groups in total. The van der Waals surface area contributed by atoms with Crippen LogP contribution in [-0.2, 0) is 18.8 Å². The fourth-order valence-corrected chi connectivity index (χ4v) is 0.311. The second-order valence-electron chi connectivity index (χ2n) is 1.90. The first-order chi connectivity index (χ1) is 5.43. The minimum Gasteiger partial charge on any atom is -0.465 e. The molecule has 0 amide bonds. The summed E-state index contributed by atoms with van der Waals surface area (Å²) in [6, 6.07) is 0. The molecule has 1 rings (SSSR count). The molecule has 1 saturated heterocycles. The summed E-state index contributed by atoms with van der Waals surface area (Å²) in [5.41, 5.74) is 0. The second-order valence-corrected chi connectivity index (χ2v) is 2.92. The Bertz CT molecular complexity index is 162. The van der Waals surface area contributed by atoms with Gasteiger partial charge in [0.15, 0.2) is 0 Å². The molecule has 0 aromatic carbocycles. The third kappa shape index (κ3) is 16.3. The zero-order valence-corrected chi connectivity index (χ0v) is 6.89. The quantitative estimate of drug-likeness (QED) is 0.292. The molecule has 0 spiro atoms. The van der Waals surface area contributed by atoms with E-state index < -0.39 is 7.82 Å². The summed E-state index contributed by atoms with van der Waals surface area (Å²) in [7, 11) is -4.64. The predicted molar refractivity (Wildman–Crippen MR) is 36.0 cm³/mol. The van der Waals surface area contributed by atoms with Gasteiger partial charge in [-0.3, -0.25) is 4.79 Å². The van der Waals surface area contributed by atoms with E-state index in [2.05, 4.69) is 4.74 Å². The predicted octanol–water partition coefficient (Wildman–Crippen LogP) is -1.37. The third-order valence-electron chi connectivity index (χ3n) is 0.753. The van der Waals surface area contributed by atoms with Crippen molar-refractivity contribution in [3.63, 3.8) is 0 Å². The number of epoxide rings is 1. The van der Waals surface area contributed by atoms with Crippen LogP contribution in [0.15, 0.2) is 0 Å². The number of ether oxygens (including phenoxy) is 2. The van der Waals surface area contributed by atoms with E-state index in [1.54, 1.807) is 0 Å². The van der Waals surface area contributed by atoms with Gasteiger partial charge in [0.1, 0.15) is 12.7 Å². The van der Waals surface area contributed by atoms with Crippen molar-refractivity contribution in [2.75, 3.05) is 13.2 Å². The van der Waals surface area contributed by atoms with Crippen LogP contribution in [0.3, 0.4) is 0 Å². The van der Waals surface area contributed by atoms with Gasteiger partial charge in [-0.25, -0.2) is 4.57 Å². The number of carbonyl (C=O) groups is 1. The summed E-state index contributed by atoms with van der Waals surface area (Å²) >= 11 is 0. The van der Waals surface area contributed by atoms with Crippen molar-refractivity contribution in [2.24, 2.45) is 0 Å². The Balaban J connectivity index is 0.000000217. The first kappa shape index (κ1) is 11.5. The van der Waals surface area contributed by atoms with Gasteiger partial charge in [-0.2, -0.15) is 0 Å². The van der Waals surface area contributed by atoms with E-state index in [0.717, 1.165) is 6.61 Å². The fourth-order valence-electron chi connectivity index (χ4n) is 0.311. The summed E-state index contributed by atoms with van der Waals surface area (Å²) in [5, 5.41) is 0. The van der Waals surface area contributed by atoms with Crippen molar-refractivity contribution >= 4 is 14.3 Å². The van der Waals surface area contributed by atoms with Crippen molar-refractivity contribution in [3.8, 4) is 0 Å². The zero-order valence-electron chi connectivity index (χ0n) is 5.99. The van der Waals surface area contributed by atoms with Gasteiger partial charge >= 0.3 is 7.82 Å². The maximum atomic E-state index is 9.46. The molecular formula is C4H9O7P. The molecule has 0 bridgehead atoms. The third-order valence-corrected chi connectivity index (χ3v) is 0.753. The van der Waals surface area contributed by atoms with Crippen LogP contribution in [-0.4, -0.2) is 40.5 Å². The minimum absolute atomic E-state index is 0.199. The molecule has 0 radical (unpaired) electrons. The topological polar surface area (TPSA) is 117 Å². The largest absolute Gasteiger partial charge is 0.466 e. The molecule has 0 aromatic heterocycles. The number of rotatable bonds is 3. The standard InChI is InChI=1S/C4H6O3.H3O4P/c5-3-6-1-4-2-7-4;1-5(2,3)4/h3-4H,1-2H2;(H3,1,2,3,4). The maximum absolute atomic E-state index is 9.46. The minimum atomic E-state index is -4.64. The lowest BCUT2D eigenvalue weighted by Gasteiger charge is -1.86. The van der Waals surface area contributed by atoms with Crippen LogP contribution < -0.4 is 0 Å². The molecule has 1 aliphatic rings. The van der Waals surface area contributed by atoms with Crippen LogP contribution in [0, 0.1) is 0 Å². The fraction of sp³-hybridized carbons (Fsp3) is 0.750. The molecule has 1 heterocycles. The Labute approximate surface area is 68.2 Å². The summed E-state index contributed by atoms with van der Waals surface area (Å²) in [6.07, 6.45) is 0.199. The van der Waals surface area contributed by atoms with Crippen LogP contribution >= 0.6 is 7.82 Å². The Morgan fingerprint density at radius 2 is 2.00 bits per heavy atom. The highest BCUT2D eigenvalue weighted by Crippen LogP contribution is 2.25. The monoisotopic (exact) mass is 200 g/mol. The lowest BCUT2D eigenvalue weighted by Crippen LogP contribution is -1.97. The Morgan fingerprint density at radius 3 is 2.25 bits per heavy atom. The average Bonchev–Trinajstić information content (AvgIpc) is 2.61. The molecule has 8 heteroatoms. The van der Waals surface area contributed by atoms with E-state index in [4.69, 9.17) is 24.0 Å². The lowest BCUT2D eigenvalue weighted by atomic mass is 10.5. The van der Waals surface area contributed by atoms with Crippen LogP contribution in [0.4, 0.5) is 0 Å². The number of carbonyl (C=O) groups excluding carboxylic acids is 1. The van der Waals surface area contributed by atoms with Gasteiger partial charge in [0.25, 0.3) is 6.47 Å². The smallest absolute Gasteiger partial charge is 0.465 e. The van der Waals surface area contributed by atoms with Crippen LogP contribution in [0.1, 0.15) is 0 Å². The molecule has 0 aromatic rings. The summed E-state index contributed by atoms with van der Waals surface area (Å²) in [5.74, 6) is 0. The molecule has 0 saturated carbocycles. The van der Waals surface area contributed by atoms with Crippen LogP contribution in [0.25, 0.3) is 0 Å². The molecule has 72 valence electrons. The molecule has 1 aliphatic heterocycles. The maximum Gasteiger partial charge on any atom is 0.466 e. The summed E-state index contributed by atoms with van der Waals surface area (Å²) in [4.78, 5) is 31.0. The van der Waals surface area contributed by atoms with Crippen molar-refractivity contribution in [3.05, 3.63) is 0 Å². The number of phosphoric acid groups is 1. The Hall–Kier alpha value is -0.460. The molecule has 1 fully saturated rings. The Morgan fingerprint density at radius 1 is 1.58 bits per heavy atom.